The van der Waals surface area contributed by atoms with E-state index in [1.54, 1.807) is 5.56 Å². The van der Waals surface area contributed by atoms with E-state index in [-0.39, 0.29) is 5.41 Å². The van der Waals surface area contributed by atoms with Crippen LogP contribution in [0.25, 0.3) is 66.0 Å². The van der Waals surface area contributed by atoms with Crippen LogP contribution >= 0.6 is 0 Å². The molecule has 3 aliphatic carbocycles. The van der Waals surface area contributed by atoms with Gasteiger partial charge in [0, 0.05) is 38.8 Å². The molecule has 0 spiro atoms. The number of benzene rings is 8. The topological polar surface area (TPSA) is 16.1 Å². The normalized spacial score (nSPS) is 17.2. The van der Waals surface area contributed by atoms with Gasteiger partial charge in [0.05, 0.1) is 11.2 Å². The molecule has 272 valence electrons. The fraction of sp³-hybridized carbons (Fsp3) is 0.145. The highest BCUT2D eigenvalue weighted by atomic mass is 15.1. The molecule has 2 heteroatoms. The Morgan fingerprint density at radius 2 is 1.07 bits per heavy atom. The van der Waals surface area contributed by atoms with Gasteiger partial charge in [0.25, 0.3) is 0 Å². The van der Waals surface area contributed by atoms with E-state index in [4.69, 9.17) is 4.98 Å². The summed E-state index contributed by atoms with van der Waals surface area (Å²) in [6.45, 7) is 4.74. The third-order valence-electron chi connectivity index (χ3n) is 13.6. The van der Waals surface area contributed by atoms with Crippen LogP contribution in [0.1, 0.15) is 67.2 Å². The van der Waals surface area contributed by atoms with Crippen molar-refractivity contribution < 1.29 is 0 Å². The van der Waals surface area contributed by atoms with Crippen molar-refractivity contribution in [2.75, 3.05) is 4.90 Å². The van der Waals surface area contributed by atoms with Gasteiger partial charge in [-0.15, -0.1) is 0 Å². The summed E-state index contributed by atoms with van der Waals surface area (Å²) in [7, 11) is 0. The van der Waals surface area contributed by atoms with Crippen molar-refractivity contribution in [1.29, 1.82) is 0 Å². The summed E-state index contributed by atoms with van der Waals surface area (Å²) < 4.78 is 0. The summed E-state index contributed by atoms with van der Waals surface area (Å²) in [5.41, 5.74) is 17.9. The molecular weight excluding hydrogens is 689 g/mol. The minimum Gasteiger partial charge on any atom is -0.310 e. The Hall–Kier alpha value is -6.51. The van der Waals surface area contributed by atoms with Gasteiger partial charge in [0.2, 0.25) is 0 Å². The minimum atomic E-state index is -0.103. The molecule has 0 radical (unpaired) electrons. The lowest BCUT2D eigenvalue weighted by atomic mass is 9.82. The van der Waals surface area contributed by atoms with Crippen LogP contribution in [-0.2, 0) is 5.41 Å². The van der Waals surface area contributed by atoms with Crippen LogP contribution in [0, 0.1) is 0 Å². The van der Waals surface area contributed by atoms with Crippen LogP contribution in [0.15, 0.2) is 170 Å². The first-order chi connectivity index (χ1) is 28.0. The maximum atomic E-state index is 5.65. The first kappa shape index (κ1) is 32.7. The van der Waals surface area contributed by atoms with Gasteiger partial charge in [-0.25, -0.2) is 4.98 Å². The predicted molar refractivity (Wildman–Crippen MR) is 239 cm³/mol. The van der Waals surface area contributed by atoms with Crippen molar-refractivity contribution >= 4 is 49.5 Å². The maximum Gasteiger partial charge on any atom is 0.0797 e. The van der Waals surface area contributed by atoms with Crippen molar-refractivity contribution in [3.8, 4) is 33.5 Å². The molecule has 1 saturated carbocycles. The third kappa shape index (κ3) is 4.80. The third-order valence-corrected chi connectivity index (χ3v) is 13.6. The van der Waals surface area contributed by atoms with E-state index in [0.717, 1.165) is 16.9 Å². The molecule has 2 bridgehead atoms. The summed E-state index contributed by atoms with van der Waals surface area (Å²) in [6.07, 6.45) is 3.78. The van der Waals surface area contributed by atoms with Gasteiger partial charge in [0.15, 0.2) is 0 Å². The Kier molecular flexibility index (Phi) is 7.03. The monoisotopic (exact) mass is 730 g/mol. The summed E-state index contributed by atoms with van der Waals surface area (Å²) in [5, 5.41) is 6.45. The molecule has 8 aromatic carbocycles. The van der Waals surface area contributed by atoms with E-state index >= 15 is 0 Å². The Morgan fingerprint density at radius 3 is 1.86 bits per heavy atom. The highest BCUT2D eigenvalue weighted by Gasteiger charge is 2.41. The highest BCUT2D eigenvalue weighted by Crippen LogP contribution is 2.59. The van der Waals surface area contributed by atoms with E-state index < -0.39 is 0 Å². The van der Waals surface area contributed by atoms with Gasteiger partial charge in [-0.3, -0.25) is 0 Å². The van der Waals surface area contributed by atoms with Gasteiger partial charge in [0.1, 0.15) is 0 Å². The Bertz CT molecular complexity index is 3070. The number of rotatable bonds is 5. The zero-order chi connectivity index (χ0) is 37.8. The molecule has 0 saturated heterocycles. The largest absolute Gasteiger partial charge is 0.310 e. The summed E-state index contributed by atoms with van der Waals surface area (Å²) in [6, 6.07) is 62.9. The number of fused-ring (bicyclic) bond motifs is 15. The number of anilines is 3. The van der Waals surface area contributed by atoms with Crippen molar-refractivity contribution in [1.82, 2.24) is 4.98 Å². The molecule has 9 aromatic rings. The average Bonchev–Trinajstić information content (AvgIpc) is 3.96. The SMILES string of the molecule is CC1(C)c2ccccc2-c2ccc(N(c3ccc(-c4ccccc4)cc3)c3ccc4c(c3)c3ccccc3c3nc(-c5ccccc5)c5c(c43)C3CCC5C3)cc21. The first-order valence-electron chi connectivity index (χ1n) is 20.6. The van der Waals surface area contributed by atoms with Gasteiger partial charge >= 0.3 is 0 Å². The summed E-state index contributed by atoms with van der Waals surface area (Å²) >= 11 is 0. The van der Waals surface area contributed by atoms with Crippen molar-refractivity contribution in [3.05, 3.63) is 192 Å². The molecule has 3 aliphatic rings. The fourth-order valence-electron chi connectivity index (χ4n) is 11.0. The molecule has 1 fully saturated rings. The quantitative estimate of drug-likeness (QED) is 0.164. The number of hydrogen-bond acceptors (Lipinski definition) is 2. The maximum absolute atomic E-state index is 5.65. The molecule has 2 unspecified atom stereocenters. The number of nitrogens with zero attached hydrogens (tertiary/aromatic N) is 2. The predicted octanol–water partition coefficient (Wildman–Crippen LogP) is 15.0. The minimum absolute atomic E-state index is 0.103. The summed E-state index contributed by atoms with van der Waals surface area (Å²) in [4.78, 5) is 8.12. The summed E-state index contributed by atoms with van der Waals surface area (Å²) in [5.74, 6) is 1.17. The second-order valence-corrected chi connectivity index (χ2v) is 17.0. The van der Waals surface area contributed by atoms with E-state index in [0.29, 0.717) is 11.8 Å². The lowest BCUT2D eigenvalue weighted by molar-refractivity contribution is 0.660. The van der Waals surface area contributed by atoms with Gasteiger partial charge in [-0.05, 0) is 128 Å². The average molecular weight is 731 g/mol. The molecule has 2 nitrogen and oxygen atoms in total. The lowest BCUT2D eigenvalue weighted by Crippen LogP contribution is -2.16. The van der Waals surface area contributed by atoms with Crippen LogP contribution in [0.5, 0.6) is 0 Å². The zero-order valence-corrected chi connectivity index (χ0v) is 32.3. The van der Waals surface area contributed by atoms with E-state index in [9.17, 15) is 0 Å². The lowest BCUT2D eigenvalue weighted by Gasteiger charge is -2.29. The molecule has 1 heterocycles. The van der Waals surface area contributed by atoms with Gasteiger partial charge < -0.3 is 4.90 Å². The molecule has 0 N–H and O–H groups in total. The zero-order valence-electron chi connectivity index (χ0n) is 32.3. The van der Waals surface area contributed by atoms with Crippen molar-refractivity contribution in [3.63, 3.8) is 0 Å². The van der Waals surface area contributed by atoms with Crippen LogP contribution in [0.2, 0.25) is 0 Å². The fourth-order valence-corrected chi connectivity index (χ4v) is 11.0. The van der Waals surface area contributed by atoms with Crippen LogP contribution in [-0.4, -0.2) is 4.98 Å². The molecule has 57 heavy (non-hydrogen) atoms. The van der Waals surface area contributed by atoms with E-state index in [1.165, 1.54) is 102 Å². The second kappa shape index (κ2) is 12.2. The van der Waals surface area contributed by atoms with Crippen molar-refractivity contribution in [2.24, 2.45) is 0 Å². The highest BCUT2D eigenvalue weighted by molar-refractivity contribution is 6.26. The second-order valence-electron chi connectivity index (χ2n) is 17.0. The number of pyridine rings is 1. The molecule has 1 aromatic heterocycles. The number of hydrogen-bond donors (Lipinski definition) is 0. The molecule has 0 aliphatic heterocycles. The standard InChI is InChI=1S/C55H42N2/c1-55(2)48-20-12-11-18-43(48)44-29-27-41(33-49(44)55)57(39-25-23-35(24-26-39)34-13-5-3-6-14-34)40-28-30-45-47(32-40)42-17-9-10-19-46(42)54-52(45)50-37-21-22-38(31-37)51(50)53(56-54)36-15-7-4-8-16-36/h3-20,23-30,32-33,37-38H,21-22,31H2,1-2H3. The molecule has 2 atom stereocenters. The molecular formula is C55H42N2. The molecule has 0 amide bonds. The number of aromatic nitrogens is 1. The van der Waals surface area contributed by atoms with Crippen LogP contribution in [0.4, 0.5) is 17.1 Å². The Balaban J connectivity index is 1.10. The van der Waals surface area contributed by atoms with Crippen LogP contribution < -0.4 is 4.90 Å². The Labute approximate surface area is 334 Å². The first-order valence-corrected chi connectivity index (χ1v) is 20.6. The van der Waals surface area contributed by atoms with E-state index in [2.05, 4.69) is 189 Å². The van der Waals surface area contributed by atoms with E-state index in [1.807, 2.05) is 0 Å². The molecule has 12 rings (SSSR count). The van der Waals surface area contributed by atoms with Crippen LogP contribution in [0.3, 0.4) is 0 Å². The van der Waals surface area contributed by atoms with Gasteiger partial charge in [-0.2, -0.15) is 0 Å². The Morgan fingerprint density at radius 1 is 0.474 bits per heavy atom. The van der Waals surface area contributed by atoms with Gasteiger partial charge in [-0.1, -0.05) is 147 Å². The van der Waals surface area contributed by atoms with Crippen molar-refractivity contribution in [2.45, 2.75) is 50.4 Å². The smallest absolute Gasteiger partial charge is 0.0797 e.